The first kappa shape index (κ1) is 20.2. The van der Waals surface area contributed by atoms with Gasteiger partial charge in [0.2, 0.25) is 5.91 Å². The minimum atomic E-state index is 0.0848. The summed E-state index contributed by atoms with van der Waals surface area (Å²) >= 11 is 0. The number of hydrogen-bond acceptors (Lipinski definition) is 1. The number of unbranched alkanes of at least 4 members (excludes halogenated alkanes) is 5. The summed E-state index contributed by atoms with van der Waals surface area (Å²) in [4.78, 5) is 15.3. The highest BCUT2D eigenvalue weighted by atomic mass is 16.2. The van der Waals surface area contributed by atoms with E-state index >= 15 is 0 Å². The fourth-order valence-electron chi connectivity index (χ4n) is 3.41. The molecule has 2 aromatic carbocycles. The van der Waals surface area contributed by atoms with E-state index in [1.807, 2.05) is 65.6 Å². The molecular weight excluding hydrogens is 318 g/mol. The van der Waals surface area contributed by atoms with Crippen molar-refractivity contribution in [1.82, 2.24) is 0 Å². The van der Waals surface area contributed by atoms with Crippen molar-refractivity contribution in [3.8, 4) is 0 Å². The van der Waals surface area contributed by atoms with E-state index in [2.05, 4.69) is 13.8 Å². The maximum absolute atomic E-state index is 13.4. The first-order valence-electron chi connectivity index (χ1n) is 10.2. The van der Waals surface area contributed by atoms with Crippen LogP contribution in [0.25, 0.3) is 0 Å². The summed E-state index contributed by atoms with van der Waals surface area (Å²) in [5, 5.41) is 0. The van der Waals surface area contributed by atoms with Crippen LogP contribution in [0.5, 0.6) is 0 Å². The van der Waals surface area contributed by atoms with Gasteiger partial charge in [0.05, 0.1) is 0 Å². The molecular formula is C24H33NO. The Hall–Kier alpha value is -2.09. The minimum Gasteiger partial charge on any atom is -0.281 e. The van der Waals surface area contributed by atoms with E-state index in [4.69, 9.17) is 0 Å². The van der Waals surface area contributed by atoms with Crippen LogP contribution in [0.2, 0.25) is 0 Å². The largest absolute Gasteiger partial charge is 0.281 e. The number of nitrogens with zero attached hydrogens (tertiary/aromatic N) is 1. The van der Waals surface area contributed by atoms with Crippen molar-refractivity contribution in [1.29, 1.82) is 0 Å². The van der Waals surface area contributed by atoms with Gasteiger partial charge in [-0.05, 0) is 37.1 Å². The van der Waals surface area contributed by atoms with Gasteiger partial charge in [-0.2, -0.15) is 0 Å². The standard InChI is InChI=1S/C24H33NO/c1-3-5-6-7-8-11-16-21(4-2)24(26)25(22-17-12-9-13-18-22)23-19-14-10-15-20-23/h9-10,12-15,17-21H,3-8,11,16H2,1-2H3/t21-/m1/s1. The van der Waals surface area contributed by atoms with Gasteiger partial charge in [0.25, 0.3) is 0 Å². The summed E-state index contributed by atoms with van der Waals surface area (Å²) in [6.07, 6.45) is 9.47. The maximum Gasteiger partial charge on any atom is 0.234 e. The first-order valence-corrected chi connectivity index (χ1v) is 10.2. The second-order valence-corrected chi connectivity index (χ2v) is 7.01. The molecule has 26 heavy (non-hydrogen) atoms. The molecule has 0 aliphatic heterocycles. The van der Waals surface area contributed by atoms with Crippen LogP contribution >= 0.6 is 0 Å². The van der Waals surface area contributed by atoms with Gasteiger partial charge in [-0.3, -0.25) is 9.69 Å². The minimum absolute atomic E-state index is 0.0848. The van der Waals surface area contributed by atoms with Crippen molar-refractivity contribution in [2.24, 2.45) is 5.92 Å². The van der Waals surface area contributed by atoms with E-state index in [1.54, 1.807) is 0 Å². The number of carbonyl (C=O) groups excluding carboxylic acids is 1. The van der Waals surface area contributed by atoms with Gasteiger partial charge < -0.3 is 0 Å². The number of para-hydroxylation sites is 2. The molecule has 0 aliphatic rings. The highest BCUT2D eigenvalue weighted by molar-refractivity contribution is 6.01. The lowest BCUT2D eigenvalue weighted by molar-refractivity contribution is -0.122. The number of hydrogen-bond donors (Lipinski definition) is 0. The summed E-state index contributed by atoms with van der Waals surface area (Å²) < 4.78 is 0. The molecule has 2 nitrogen and oxygen atoms in total. The summed E-state index contributed by atoms with van der Waals surface area (Å²) in [6, 6.07) is 20.0. The van der Waals surface area contributed by atoms with Crippen molar-refractivity contribution >= 4 is 17.3 Å². The Kier molecular flexibility index (Phi) is 8.95. The Bertz CT molecular complexity index is 584. The van der Waals surface area contributed by atoms with Crippen LogP contribution in [0.15, 0.2) is 60.7 Å². The molecule has 2 heteroatoms. The molecule has 2 aromatic rings. The molecule has 0 aromatic heterocycles. The SMILES string of the molecule is CCCCCCCC[C@@H](CC)C(=O)N(c1ccccc1)c1ccccc1. The Morgan fingerprint density at radius 2 is 1.27 bits per heavy atom. The molecule has 0 heterocycles. The highest BCUT2D eigenvalue weighted by Crippen LogP contribution is 2.29. The Morgan fingerprint density at radius 3 is 1.77 bits per heavy atom. The number of amides is 1. The van der Waals surface area contributed by atoms with Gasteiger partial charge in [0.15, 0.2) is 0 Å². The molecule has 1 amide bonds. The number of rotatable bonds is 11. The predicted molar refractivity (Wildman–Crippen MR) is 112 cm³/mol. The molecule has 2 rings (SSSR count). The zero-order valence-electron chi connectivity index (χ0n) is 16.4. The fourth-order valence-corrected chi connectivity index (χ4v) is 3.41. The highest BCUT2D eigenvalue weighted by Gasteiger charge is 2.25. The molecule has 0 saturated carbocycles. The van der Waals surface area contributed by atoms with Crippen LogP contribution in [0.1, 0.15) is 65.2 Å². The molecule has 1 atom stereocenters. The summed E-state index contributed by atoms with van der Waals surface area (Å²) in [6.45, 7) is 4.38. The molecule has 0 radical (unpaired) electrons. The van der Waals surface area contributed by atoms with Gasteiger partial charge in [-0.1, -0.05) is 88.8 Å². The lowest BCUT2D eigenvalue weighted by Crippen LogP contribution is -2.32. The average Bonchev–Trinajstić information content (AvgIpc) is 2.69. The van der Waals surface area contributed by atoms with Crippen LogP contribution in [0.3, 0.4) is 0 Å². The lowest BCUT2D eigenvalue weighted by atomic mass is 9.95. The van der Waals surface area contributed by atoms with Gasteiger partial charge in [0, 0.05) is 17.3 Å². The molecule has 0 saturated heterocycles. The maximum atomic E-state index is 13.4. The number of carbonyl (C=O) groups is 1. The van der Waals surface area contributed by atoms with Crippen molar-refractivity contribution in [3.05, 3.63) is 60.7 Å². The molecule has 0 N–H and O–H groups in total. The van der Waals surface area contributed by atoms with E-state index in [1.165, 1.54) is 32.1 Å². The van der Waals surface area contributed by atoms with Crippen LogP contribution in [0, 0.1) is 5.92 Å². The van der Waals surface area contributed by atoms with Crippen molar-refractivity contribution in [2.45, 2.75) is 65.2 Å². The second-order valence-electron chi connectivity index (χ2n) is 7.01. The molecule has 0 unspecified atom stereocenters. The van der Waals surface area contributed by atoms with Crippen molar-refractivity contribution in [3.63, 3.8) is 0 Å². The van der Waals surface area contributed by atoms with Gasteiger partial charge in [-0.25, -0.2) is 0 Å². The Balaban J connectivity index is 2.07. The van der Waals surface area contributed by atoms with E-state index in [-0.39, 0.29) is 11.8 Å². The van der Waals surface area contributed by atoms with Crippen molar-refractivity contribution in [2.75, 3.05) is 4.90 Å². The average molecular weight is 352 g/mol. The fraction of sp³-hybridized carbons (Fsp3) is 0.458. The van der Waals surface area contributed by atoms with E-state index in [0.29, 0.717) is 0 Å². The Morgan fingerprint density at radius 1 is 0.769 bits per heavy atom. The third-order valence-corrected chi connectivity index (χ3v) is 5.00. The van der Waals surface area contributed by atoms with E-state index < -0.39 is 0 Å². The molecule has 0 fully saturated rings. The summed E-state index contributed by atoms with van der Waals surface area (Å²) in [5.41, 5.74) is 1.90. The zero-order valence-corrected chi connectivity index (χ0v) is 16.4. The quantitative estimate of drug-likeness (QED) is 0.394. The monoisotopic (exact) mass is 351 g/mol. The lowest BCUT2D eigenvalue weighted by Gasteiger charge is -2.27. The molecule has 0 aliphatic carbocycles. The smallest absolute Gasteiger partial charge is 0.234 e. The molecule has 0 spiro atoms. The number of anilines is 2. The normalized spacial score (nSPS) is 11.9. The zero-order chi connectivity index (χ0) is 18.6. The van der Waals surface area contributed by atoms with Crippen LogP contribution in [-0.4, -0.2) is 5.91 Å². The van der Waals surface area contributed by atoms with Crippen LogP contribution in [0.4, 0.5) is 11.4 Å². The topological polar surface area (TPSA) is 20.3 Å². The predicted octanol–water partition coefficient (Wildman–Crippen LogP) is 7.13. The summed E-state index contributed by atoms with van der Waals surface area (Å²) in [5.74, 6) is 0.306. The molecule has 140 valence electrons. The molecule has 0 bridgehead atoms. The summed E-state index contributed by atoms with van der Waals surface area (Å²) in [7, 11) is 0. The Labute approximate surface area is 159 Å². The van der Waals surface area contributed by atoms with Gasteiger partial charge >= 0.3 is 0 Å². The van der Waals surface area contributed by atoms with E-state index in [9.17, 15) is 4.79 Å². The first-order chi connectivity index (χ1) is 12.8. The number of benzene rings is 2. The van der Waals surface area contributed by atoms with Crippen LogP contribution in [-0.2, 0) is 4.79 Å². The third-order valence-electron chi connectivity index (χ3n) is 5.00. The second kappa shape index (κ2) is 11.5. The van der Waals surface area contributed by atoms with Gasteiger partial charge in [-0.15, -0.1) is 0 Å². The van der Waals surface area contributed by atoms with Crippen molar-refractivity contribution < 1.29 is 4.79 Å². The van der Waals surface area contributed by atoms with E-state index in [0.717, 1.165) is 30.6 Å². The third kappa shape index (κ3) is 6.01. The van der Waals surface area contributed by atoms with Gasteiger partial charge in [0.1, 0.15) is 0 Å². The van der Waals surface area contributed by atoms with Crippen LogP contribution < -0.4 is 4.90 Å².